The maximum absolute atomic E-state index is 12.6. The van der Waals surface area contributed by atoms with Crippen molar-refractivity contribution in [2.45, 2.75) is 45.1 Å². The number of rotatable bonds is 5. The minimum Gasteiger partial charge on any atom is -0.307 e. The number of hydrogen-bond donors (Lipinski definition) is 1. The van der Waals surface area contributed by atoms with Crippen LogP contribution in [0.1, 0.15) is 33.1 Å². The van der Waals surface area contributed by atoms with Crippen molar-refractivity contribution in [1.29, 1.82) is 0 Å². The van der Waals surface area contributed by atoms with Crippen molar-refractivity contribution in [3.8, 4) is 0 Å². The Labute approximate surface area is 72.5 Å². The van der Waals surface area contributed by atoms with E-state index in [1.165, 1.54) is 0 Å². The monoisotopic (exact) mass is 177 g/mol. The Balaban J connectivity index is 2.43. The van der Waals surface area contributed by atoms with Crippen LogP contribution in [0.15, 0.2) is 0 Å². The van der Waals surface area contributed by atoms with Gasteiger partial charge in [0.2, 0.25) is 0 Å². The zero-order chi connectivity index (χ0) is 9.19. The zero-order valence-electron chi connectivity index (χ0n) is 7.74. The van der Waals surface area contributed by atoms with E-state index < -0.39 is 12.0 Å². The molecule has 1 atom stereocenters. The lowest BCUT2D eigenvalue weighted by Crippen LogP contribution is -2.48. The lowest BCUT2D eigenvalue weighted by molar-refractivity contribution is 0.0329. The predicted octanol–water partition coefficient (Wildman–Crippen LogP) is 2.42. The molecule has 0 aromatic carbocycles. The Bertz CT molecular complexity index is 145. The van der Waals surface area contributed by atoms with Crippen LogP contribution in [0.25, 0.3) is 0 Å². The molecule has 0 spiro atoms. The van der Waals surface area contributed by atoms with Crippen LogP contribution in [0.4, 0.5) is 8.78 Å². The molecule has 1 saturated carbocycles. The third-order valence-electron chi connectivity index (χ3n) is 2.47. The first-order valence-electron chi connectivity index (χ1n) is 4.61. The number of nitrogens with one attached hydrogen (secondary N) is 1. The van der Waals surface area contributed by atoms with E-state index in [4.69, 9.17) is 0 Å². The smallest absolute Gasteiger partial charge is 0.256 e. The molecule has 72 valence electrons. The van der Waals surface area contributed by atoms with Crippen molar-refractivity contribution in [2.75, 3.05) is 6.54 Å². The Kier molecular flexibility index (Phi) is 3.04. The van der Waals surface area contributed by atoms with Gasteiger partial charge in [0.1, 0.15) is 0 Å². The van der Waals surface area contributed by atoms with Crippen molar-refractivity contribution >= 4 is 0 Å². The number of alkyl halides is 2. The summed E-state index contributed by atoms with van der Waals surface area (Å²) in [7, 11) is 0. The van der Waals surface area contributed by atoms with Gasteiger partial charge in [-0.05, 0) is 25.8 Å². The number of hydrogen-bond acceptors (Lipinski definition) is 1. The van der Waals surface area contributed by atoms with Gasteiger partial charge in [-0.2, -0.15) is 0 Å². The molecule has 1 N–H and O–H groups in total. The fourth-order valence-corrected chi connectivity index (χ4v) is 1.56. The SMILES string of the molecule is CCNC(C)(CC1CC1)C(F)F. The van der Waals surface area contributed by atoms with Gasteiger partial charge in [0, 0.05) is 0 Å². The van der Waals surface area contributed by atoms with E-state index in [9.17, 15) is 8.78 Å². The van der Waals surface area contributed by atoms with Crippen LogP contribution in [0, 0.1) is 5.92 Å². The Hall–Kier alpha value is -0.180. The third-order valence-corrected chi connectivity index (χ3v) is 2.47. The van der Waals surface area contributed by atoms with Crippen molar-refractivity contribution in [3.05, 3.63) is 0 Å². The van der Waals surface area contributed by atoms with Crippen LogP contribution in [0.5, 0.6) is 0 Å². The van der Waals surface area contributed by atoms with Gasteiger partial charge in [0.05, 0.1) is 5.54 Å². The summed E-state index contributed by atoms with van der Waals surface area (Å²) in [6, 6.07) is 0. The van der Waals surface area contributed by atoms with E-state index in [1.807, 2.05) is 6.92 Å². The van der Waals surface area contributed by atoms with Crippen molar-refractivity contribution in [2.24, 2.45) is 5.92 Å². The lowest BCUT2D eigenvalue weighted by atomic mass is 9.95. The molecule has 0 radical (unpaired) electrons. The molecular formula is C9H17F2N. The average Bonchev–Trinajstić information content (AvgIpc) is 2.71. The second-order valence-corrected chi connectivity index (χ2v) is 3.90. The molecule has 12 heavy (non-hydrogen) atoms. The van der Waals surface area contributed by atoms with Gasteiger partial charge in [-0.15, -0.1) is 0 Å². The minimum atomic E-state index is -2.25. The largest absolute Gasteiger partial charge is 0.307 e. The fraction of sp³-hybridized carbons (Fsp3) is 1.00. The highest BCUT2D eigenvalue weighted by molar-refractivity contribution is 4.91. The summed E-state index contributed by atoms with van der Waals surface area (Å²) < 4.78 is 25.2. The van der Waals surface area contributed by atoms with Crippen LogP contribution in [0.3, 0.4) is 0 Å². The van der Waals surface area contributed by atoms with Gasteiger partial charge in [-0.1, -0.05) is 19.8 Å². The molecule has 0 bridgehead atoms. The lowest BCUT2D eigenvalue weighted by Gasteiger charge is -2.29. The van der Waals surface area contributed by atoms with Gasteiger partial charge in [-0.25, -0.2) is 8.78 Å². The molecule has 0 heterocycles. The van der Waals surface area contributed by atoms with E-state index in [0.717, 1.165) is 12.8 Å². The first kappa shape index (κ1) is 9.90. The average molecular weight is 177 g/mol. The van der Waals surface area contributed by atoms with Crippen LogP contribution in [-0.4, -0.2) is 18.5 Å². The van der Waals surface area contributed by atoms with Crippen LogP contribution in [-0.2, 0) is 0 Å². The molecule has 0 aromatic rings. The van der Waals surface area contributed by atoms with E-state index in [1.54, 1.807) is 6.92 Å². The summed E-state index contributed by atoms with van der Waals surface area (Å²) in [6.45, 7) is 4.11. The summed E-state index contributed by atoms with van der Waals surface area (Å²) in [4.78, 5) is 0. The van der Waals surface area contributed by atoms with Crippen molar-refractivity contribution < 1.29 is 8.78 Å². The van der Waals surface area contributed by atoms with Crippen LogP contribution < -0.4 is 5.32 Å². The fourth-order valence-electron chi connectivity index (χ4n) is 1.56. The second kappa shape index (κ2) is 3.69. The summed E-state index contributed by atoms with van der Waals surface area (Å²) in [5, 5.41) is 2.88. The van der Waals surface area contributed by atoms with Gasteiger partial charge >= 0.3 is 0 Å². The topological polar surface area (TPSA) is 12.0 Å². The highest BCUT2D eigenvalue weighted by Gasteiger charge is 2.39. The van der Waals surface area contributed by atoms with Crippen LogP contribution in [0.2, 0.25) is 0 Å². The first-order chi connectivity index (χ1) is 5.58. The summed E-state index contributed by atoms with van der Waals surface area (Å²) in [6.07, 6.45) is 0.637. The number of halogens is 2. The molecule has 1 aliphatic rings. The molecule has 0 aliphatic heterocycles. The Morgan fingerprint density at radius 2 is 2.08 bits per heavy atom. The van der Waals surface area contributed by atoms with E-state index in [2.05, 4.69) is 5.32 Å². The molecular weight excluding hydrogens is 160 g/mol. The van der Waals surface area contributed by atoms with Crippen molar-refractivity contribution in [1.82, 2.24) is 5.32 Å². The third kappa shape index (κ3) is 2.41. The normalized spacial score (nSPS) is 22.8. The Morgan fingerprint density at radius 1 is 1.50 bits per heavy atom. The van der Waals surface area contributed by atoms with Gasteiger partial charge in [-0.3, -0.25) is 0 Å². The summed E-state index contributed by atoms with van der Waals surface area (Å²) in [5.74, 6) is 0.544. The van der Waals surface area contributed by atoms with Crippen molar-refractivity contribution in [3.63, 3.8) is 0 Å². The maximum atomic E-state index is 12.6. The molecule has 1 unspecified atom stereocenters. The van der Waals surface area contributed by atoms with E-state index >= 15 is 0 Å². The summed E-state index contributed by atoms with van der Waals surface area (Å²) >= 11 is 0. The Morgan fingerprint density at radius 3 is 2.42 bits per heavy atom. The maximum Gasteiger partial charge on any atom is 0.256 e. The molecule has 1 fully saturated rings. The predicted molar refractivity (Wildman–Crippen MR) is 45.4 cm³/mol. The molecule has 0 aromatic heterocycles. The van der Waals surface area contributed by atoms with Crippen LogP contribution >= 0.6 is 0 Å². The first-order valence-corrected chi connectivity index (χ1v) is 4.61. The molecule has 3 heteroatoms. The van der Waals surface area contributed by atoms with E-state index in [0.29, 0.717) is 18.9 Å². The van der Waals surface area contributed by atoms with Gasteiger partial charge in [0.25, 0.3) is 6.43 Å². The highest BCUT2D eigenvalue weighted by Crippen LogP contribution is 2.38. The molecule has 1 rings (SSSR count). The zero-order valence-corrected chi connectivity index (χ0v) is 7.74. The van der Waals surface area contributed by atoms with E-state index in [-0.39, 0.29) is 0 Å². The quantitative estimate of drug-likeness (QED) is 0.680. The van der Waals surface area contributed by atoms with Gasteiger partial charge in [0.15, 0.2) is 0 Å². The standard InChI is InChI=1S/C9H17F2N/c1-3-12-9(2,8(10)11)6-7-4-5-7/h7-8,12H,3-6H2,1-2H3. The summed E-state index contributed by atoms with van der Waals surface area (Å²) in [5.41, 5.74) is -0.948. The van der Waals surface area contributed by atoms with Gasteiger partial charge < -0.3 is 5.32 Å². The minimum absolute atomic E-state index is 0.544. The molecule has 1 nitrogen and oxygen atoms in total. The second-order valence-electron chi connectivity index (χ2n) is 3.90. The molecule has 0 amide bonds. The molecule has 1 aliphatic carbocycles. The molecule has 0 saturated heterocycles. The highest BCUT2D eigenvalue weighted by atomic mass is 19.3.